The normalized spacial score (nSPS) is 11.3. The van der Waals surface area contributed by atoms with Gasteiger partial charge in [0.15, 0.2) is 0 Å². The Hall–Kier alpha value is -0.830. The lowest BCUT2D eigenvalue weighted by Crippen LogP contribution is -2.14. The van der Waals surface area contributed by atoms with Crippen LogP contribution < -0.4 is 5.32 Å². The van der Waals surface area contributed by atoms with Crippen LogP contribution in [0.5, 0.6) is 0 Å². The molecule has 0 aliphatic carbocycles. The monoisotopic (exact) mass is 237 g/mol. The van der Waals surface area contributed by atoms with Crippen molar-refractivity contribution in [2.24, 2.45) is 0 Å². The van der Waals surface area contributed by atoms with Gasteiger partial charge in [0.25, 0.3) is 0 Å². The molecule has 1 N–H and O–H groups in total. The molecular formula is C14H27N3. The molecule has 1 rings (SSSR count). The topological polar surface area (TPSA) is 29.9 Å². The van der Waals surface area contributed by atoms with Crippen LogP contribution in [0.4, 0.5) is 0 Å². The Morgan fingerprint density at radius 2 is 2.00 bits per heavy atom. The highest BCUT2D eigenvalue weighted by Gasteiger charge is 2.07. The van der Waals surface area contributed by atoms with Gasteiger partial charge in [0, 0.05) is 6.20 Å². The first-order chi connectivity index (χ1) is 8.31. The van der Waals surface area contributed by atoms with Crippen molar-refractivity contribution in [1.29, 1.82) is 0 Å². The zero-order chi connectivity index (χ0) is 12.5. The fourth-order valence-electron chi connectivity index (χ4n) is 2.11. The number of rotatable bonds is 9. The molecule has 0 saturated heterocycles. The highest BCUT2D eigenvalue weighted by molar-refractivity contribution is 4.99. The van der Waals surface area contributed by atoms with Crippen LogP contribution >= 0.6 is 0 Å². The summed E-state index contributed by atoms with van der Waals surface area (Å²) >= 11 is 0. The van der Waals surface area contributed by atoms with E-state index in [4.69, 9.17) is 0 Å². The van der Waals surface area contributed by atoms with Crippen molar-refractivity contribution in [3.63, 3.8) is 0 Å². The van der Waals surface area contributed by atoms with Crippen molar-refractivity contribution in [1.82, 2.24) is 15.1 Å². The Morgan fingerprint density at radius 1 is 1.24 bits per heavy atom. The maximum atomic E-state index is 4.67. The molecule has 1 aromatic heterocycles. The third-order valence-electron chi connectivity index (χ3n) is 3.27. The fourth-order valence-corrected chi connectivity index (χ4v) is 2.11. The van der Waals surface area contributed by atoms with Crippen LogP contribution in [0, 0.1) is 0 Å². The van der Waals surface area contributed by atoms with Gasteiger partial charge in [0.2, 0.25) is 0 Å². The third-order valence-corrected chi connectivity index (χ3v) is 3.27. The Bertz CT molecular complexity index is 289. The van der Waals surface area contributed by atoms with Gasteiger partial charge in [0.1, 0.15) is 0 Å². The van der Waals surface area contributed by atoms with E-state index in [0.29, 0.717) is 6.04 Å². The summed E-state index contributed by atoms with van der Waals surface area (Å²) in [5.74, 6) is 0. The van der Waals surface area contributed by atoms with Crippen molar-refractivity contribution in [2.45, 2.75) is 58.9 Å². The van der Waals surface area contributed by atoms with Gasteiger partial charge in [-0.3, -0.25) is 4.68 Å². The summed E-state index contributed by atoms with van der Waals surface area (Å²) in [6.45, 7) is 8.81. The zero-order valence-electron chi connectivity index (χ0n) is 11.6. The van der Waals surface area contributed by atoms with Crippen molar-refractivity contribution < 1.29 is 0 Å². The largest absolute Gasteiger partial charge is 0.317 e. The molecule has 0 amide bonds. The predicted octanol–water partition coefficient (Wildman–Crippen LogP) is 3.18. The average Bonchev–Trinajstić information content (AvgIpc) is 2.79. The molecule has 0 aliphatic rings. The van der Waals surface area contributed by atoms with Crippen LogP contribution in [0.1, 0.15) is 58.2 Å². The Kier molecular flexibility index (Phi) is 6.94. The van der Waals surface area contributed by atoms with Crippen molar-refractivity contribution in [2.75, 3.05) is 13.1 Å². The summed E-state index contributed by atoms with van der Waals surface area (Å²) in [4.78, 5) is 0. The van der Waals surface area contributed by atoms with Crippen LogP contribution in [-0.2, 0) is 6.42 Å². The molecule has 17 heavy (non-hydrogen) atoms. The first kappa shape index (κ1) is 14.2. The van der Waals surface area contributed by atoms with Gasteiger partial charge < -0.3 is 5.32 Å². The summed E-state index contributed by atoms with van der Waals surface area (Å²) < 4.78 is 2.14. The molecule has 0 radical (unpaired) electrons. The van der Waals surface area contributed by atoms with Crippen LogP contribution in [0.15, 0.2) is 12.3 Å². The van der Waals surface area contributed by atoms with Gasteiger partial charge in [-0.25, -0.2) is 0 Å². The molecule has 3 nitrogen and oxygen atoms in total. The van der Waals surface area contributed by atoms with E-state index in [2.05, 4.69) is 48.1 Å². The first-order valence-corrected chi connectivity index (χ1v) is 7.06. The molecule has 0 saturated carbocycles. The summed E-state index contributed by atoms with van der Waals surface area (Å²) in [5.41, 5.74) is 1.24. The maximum absolute atomic E-state index is 4.67. The minimum atomic E-state index is 0.575. The maximum Gasteiger partial charge on any atom is 0.0624 e. The molecule has 0 aromatic carbocycles. The predicted molar refractivity (Wildman–Crippen MR) is 73.3 cm³/mol. The standard InChI is InChI=1S/C14H27N3/c1-4-14(5-2)17-12-10-13(16-17)9-7-8-11-15-6-3/h10,12,14-15H,4-9,11H2,1-3H3. The number of aryl methyl sites for hydroxylation is 1. The van der Waals surface area contributed by atoms with E-state index in [1.807, 2.05) is 0 Å². The van der Waals surface area contributed by atoms with E-state index in [1.165, 1.54) is 18.5 Å². The smallest absolute Gasteiger partial charge is 0.0624 e. The van der Waals surface area contributed by atoms with Crippen molar-refractivity contribution in [3.05, 3.63) is 18.0 Å². The molecule has 0 fully saturated rings. The van der Waals surface area contributed by atoms with Gasteiger partial charge in [-0.15, -0.1) is 0 Å². The SMILES string of the molecule is CCNCCCCc1ccn(C(CC)CC)n1. The van der Waals surface area contributed by atoms with Crippen LogP contribution in [-0.4, -0.2) is 22.9 Å². The van der Waals surface area contributed by atoms with E-state index in [-0.39, 0.29) is 0 Å². The molecule has 1 aromatic rings. The molecular weight excluding hydrogens is 210 g/mol. The number of hydrogen-bond acceptors (Lipinski definition) is 2. The van der Waals surface area contributed by atoms with E-state index in [0.717, 1.165) is 32.4 Å². The van der Waals surface area contributed by atoms with E-state index >= 15 is 0 Å². The van der Waals surface area contributed by atoms with Crippen molar-refractivity contribution >= 4 is 0 Å². The van der Waals surface area contributed by atoms with Gasteiger partial charge in [-0.2, -0.15) is 5.10 Å². The minimum absolute atomic E-state index is 0.575. The average molecular weight is 237 g/mol. The second-order valence-corrected chi connectivity index (χ2v) is 4.57. The zero-order valence-corrected chi connectivity index (χ0v) is 11.6. The second-order valence-electron chi connectivity index (χ2n) is 4.57. The van der Waals surface area contributed by atoms with Crippen LogP contribution in [0.3, 0.4) is 0 Å². The summed E-state index contributed by atoms with van der Waals surface area (Å²) in [5, 5.41) is 8.02. The lowest BCUT2D eigenvalue weighted by molar-refractivity contribution is 0.425. The van der Waals surface area contributed by atoms with E-state index in [1.54, 1.807) is 0 Å². The molecule has 0 spiro atoms. The van der Waals surface area contributed by atoms with Gasteiger partial charge >= 0.3 is 0 Å². The lowest BCUT2D eigenvalue weighted by Gasteiger charge is -2.12. The van der Waals surface area contributed by atoms with Gasteiger partial charge in [-0.05, 0) is 51.3 Å². The van der Waals surface area contributed by atoms with Gasteiger partial charge in [-0.1, -0.05) is 20.8 Å². The number of nitrogens with zero attached hydrogens (tertiary/aromatic N) is 2. The highest BCUT2D eigenvalue weighted by Crippen LogP contribution is 2.15. The van der Waals surface area contributed by atoms with Crippen LogP contribution in [0.2, 0.25) is 0 Å². The van der Waals surface area contributed by atoms with Crippen LogP contribution in [0.25, 0.3) is 0 Å². The fraction of sp³-hybridized carbons (Fsp3) is 0.786. The lowest BCUT2D eigenvalue weighted by atomic mass is 10.2. The second kappa shape index (κ2) is 8.29. The summed E-state index contributed by atoms with van der Waals surface area (Å²) in [6.07, 6.45) is 8.05. The number of hydrogen-bond donors (Lipinski definition) is 1. The molecule has 0 unspecified atom stereocenters. The molecule has 1 heterocycles. The Balaban J connectivity index is 2.30. The van der Waals surface area contributed by atoms with E-state index in [9.17, 15) is 0 Å². The van der Waals surface area contributed by atoms with E-state index < -0.39 is 0 Å². The summed E-state index contributed by atoms with van der Waals surface area (Å²) in [6, 6.07) is 2.75. The number of aromatic nitrogens is 2. The number of nitrogens with one attached hydrogen (secondary N) is 1. The highest BCUT2D eigenvalue weighted by atomic mass is 15.3. The molecule has 0 atom stereocenters. The first-order valence-electron chi connectivity index (χ1n) is 7.06. The molecule has 0 bridgehead atoms. The third kappa shape index (κ3) is 4.90. The molecule has 3 heteroatoms. The summed E-state index contributed by atoms with van der Waals surface area (Å²) in [7, 11) is 0. The van der Waals surface area contributed by atoms with Crippen molar-refractivity contribution in [3.8, 4) is 0 Å². The molecule has 0 aliphatic heterocycles. The Labute approximate surface area is 106 Å². The number of unbranched alkanes of at least 4 members (excludes halogenated alkanes) is 1. The minimum Gasteiger partial charge on any atom is -0.317 e. The quantitative estimate of drug-likeness (QED) is 0.669. The van der Waals surface area contributed by atoms with Gasteiger partial charge in [0.05, 0.1) is 11.7 Å². The molecule has 98 valence electrons. The Morgan fingerprint density at radius 3 is 2.65 bits per heavy atom.